The summed E-state index contributed by atoms with van der Waals surface area (Å²) < 4.78 is 53.2. The van der Waals surface area contributed by atoms with Crippen molar-refractivity contribution < 1.29 is 62.7 Å². The van der Waals surface area contributed by atoms with E-state index in [0.29, 0.717) is 18.6 Å². The Kier molecular flexibility index (Phi) is 13.8. The second-order valence-electron chi connectivity index (χ2n) is 13.7. The fourth-order valence-electron chi connectivity index (χ4n) is 6.62. The molecule has 3 fully saturated rings. The zero-order valence-corrected chi connectivity index (χ0v) is 29.4. The second-order valence-corrected chi connectivity index (χ2v) is 13.7. The van der Waals surface area contributed by atoms with E-state index in [9.17, 15) is 20.1 Å². The summed E-state index contributed by atoms with van der Waals surface area (Å²) in [4.78, 5) is 13.2. The van der Waals surface area contributed by atoms with Crippen molar-refractivity contribution in [2.24, 2.45) is 11.8 Å². The van der Waals surface area contributed by atoms with Gasteiger partial charge in [0.05, 0.1) is 37.1 Å². The van der Waals surface area contributed by atoms with E-state index in [1.807, 2.05) is 26.8 Å². The Labute approximate surface area is 284 Å². The molecule has 3 saturated heterocycles. The minimum atomic E-state index is -1.68. The Hall–Kier alpha value is -1.75. The average Bonchev–Trinajstić information content (AvgIpc) is 3.81. The molecule has 4 aliphatic heterocycles. The van der Waals surface area contributed by atoms with Gasteiger partial charge in [-0.15, -0.1) is 0 Å². The molecular weight excluding hydrogens is 628 g/mol. The van der Waals surface area contributed by atoms with Crippen molar-refractivity contribution in [3.05, 3.63) is 36.6 Å². The quantitative estimate of drug-likeness (QED) is 0.319. The number of carbonyl (C=O) groups is 1. The maximum absolute atomic E-state index is 13.2. The number of carbonyl (C=O) groups excluding carboxylic acids is 1. The van der Waals surface area contributed by atoms with Crippen LogP contribution in [0.3, 0.4) is 0 Å². The van der Waals surface area contributed by atoms with Crippen molar-refractivity contribution in [1.82, 2.24) is 0 Å². The third-order valence-electron chi connectivity index (χ3n) is 9.94. The fourth-order valence-corrected chi connectivity index (χ4v) is 6.62. The molecule has 0 spiro atoms. The van der Waals surface area contributed by atoms with Crippen molar-refractivity contribution in [1.29, 1.82) is 0 Å². The monoisotopic (exact) mass is 684 g/mol. The van der Waals surface area contributed by atoms with Gasteiger partial charge in [-0.2, -0.15) is 0 Å². The van der Waals surface area contributed by atoms with Crippen LogP contribution in [0.2, 0.25) is 0 Å². The standard InChI is InChI=1S/C35H56O13/c1-18-10-11-19(2)44-21(4)23(17-43-33-29(38)26(40-7)16-20(3)45-33)30-25(47-30)12-13-27(36)35(6,39)15-14-24(18)48-34-32(42-9)31(41-8)28(37)22(5)46-34/h10-13,18,20-26,28-34,37-39H,2,14-17H2,1,3-9H3/b11-10+,13-12+/t18-,20+,21+,22+,23+,24-,25-,26-,28+,29+,30-,31+,32+,33+,34-,35-/m0/s1. The molecule has 0 amide bonds. The lowest BCUT2D eigenvalue weighted by Crippen LogP contribution is -2.59. The largest absolute Gasteiger partial charge is 0.491 e. The van der Waals surface area contributed by atoms with E-state index < -0.39 is 78.9 Å². The molecule has 0 unspecified atom stereocenters. The molecule has 0 bridgehead atoms. The summed E-state index contributed by atoms with van der Waals surface area (Å²) in [5.74, 6) is -0.636. The van der Waals surface area contributed by atoms with Gasteiger partial charge < -0.3 is 58.0 Å². The summed E-state index contributed by atoms with van der Waals surface area (Å²) >= 11 is 0. The number of aliphatic hydroxyl groups excluding tert-OH is 2. The maximum atomic E-state index is 13.2. The van der Waals surface area contributed by atoms with Crippen LogP contribution in [0.15, 0.2) is 36.6 Å². The van der Waals surface area contributed by atoms with Crippen LogP contribution < -0.4 is 0 Å². The predicted molar refractivity (Wildman–Crippen MR) is 173 cm³/mol. The van der Waals surface area contributed by atoms with Gasteiger partial charge >= 0.3 is 0 Å². The van der Waals surface area contributed by atoms with E-state index in [2.05, 4.69) is 6.58 Å². The first-order valence-electron chi connectivity index (χ1n) is 16.9. The zero-order chi connectivity index (χ0) is 35.3. The lowest BCUT2D eigenvalue weighted by Gasteiger charge is -2.43. The van der Waals surface area contributed by atoms with Crippen LogP contribution in [0.5, 0.6) is 0 Å². The van der Waals surface area contributed by atoms with Gasteiger partial charge in [0.1, 0.15) is 48.0 Å². The van der Waals surface area contributed by atoms with Gasteiger partial charge in [0.2, 0.25) is 0 Å². The third kappa shape index (κ3) is 9.52. The Morgan fingerprint density at radius 2 is 1.60 bits per heavy atom. The van der Waals surface area contributed by atoms with Crippen molar-refractivity contribution >= 4 is 5.78 Å². The van der Waals surface area contributed by atoms with Crippen molar-refractivity contribution in [3.63, 3.8) is 0 Å². The number of ether oxygens (including phenoxy) is 9. The van der Waals surface area contributed by atoms with Crippen molar-refractivity contribution in [2.45, 2.75) is 139 Å². The number of hydrogen-bond acceptors (Lipinski definition) is 13. The molecule has 4 heterocycles. The lowest BCUT2D eigenvalue weighted by atomic mass is 9.89. The van der Waals surface area contributed by atoms with Crippen LogP contribution in [0, 0.1) is 11.8 Å². The van der Waals surface area contributed by atoms with Gasteiger partial charge in [-0.25, -0.2) is 0 Å². The van der Waals surface area contributed by atoms with Gasteiger partial charge in [-0.05, 0) is 58.8 Å². The summed E-state index contributed by atoms with van der Waals surface area (Å²) in [6.07, 6.45) is -0.384. The molecule has 3 N–H and O–H groups in total. The minimum Gasteiger partial charge on any atom is -0.491 e. The Morgan fingerprint density at radius 3 is 2.27 bits per heavy atom. The highest BCUT2D eigenvalue weighted by Crippen LogP contribution is 2.36. The summed E-state index contributed by atoms with van der Waals surface area (Å²) in [6, 6.07) is 0. The first kappa shape index (κ1) is 39.0. The van der Waals surface area contributed by atoms with Gasteiger partial charge in [-0.1, -0.05) is 19.6 Å². The number of epoxide rings is 1. The molecule has 0 aromatic rings. The van der Waals surface area contributed by atoms with E-state index in [4.69, 9.17) is 42.6 Å². The van der Waals surface area contributed by atoms with Crippen LogP contribution in [0.25, 0.3) is 0 Å². The summed E-state index contributed by atoms with van der Waals surface area (Å²) in [7, 11) is 4.53. The van der Waals surface area contributed by atoms with Gasteiger partial charge in [0.25, 0.3) is 0 Å². The molecule has 274 valence electrons. The van der Waals surface area contributed by atoms with E-state index in [-0.39, 0.29) is 37.1 Å². The third-order valence-corrected chi connectivity index (χ3v) is 9.94. The smallest absolute Gasteiger partial charge is 0.187 e. The number of allylic oxidation sites excluding steroid dienone is 1. The molecule has 48 heavy (non-hydrogen) atoms. The van der Waals surface area contributed by atoms with Crippen LogP contribution in [0.4, 0.5) is 0 Å². The number of aliphatic hydroxyl groups is 3. The van der Waals surface area contributed by atoms with Gasteiger partial charge in [-0.3, -0.25) is 4.79 Å². The van der Waals surface area contributed by atoms with Gasteiger partial charge in [0.15, 0.2) is 18.4 Å². The molecule has 13 nitrogen and oxygen atoms in total. The molecule has 0 aromatic heterocycles. The first-order chi connectivity index (χ1) is 22.7. The van der Waals surface area contributed by atoms with Crippen LogP contribution in [0.1, 0.15) is 53.9 Å². The number of ketones is 1. The highest BCUT2D eigenvalue weighted by molar-refractivity contribution is 5.96. The maximum Gasteiger partial charge on any atom is 0.187 e. The molecule has 4 aliphatic rings. The average molecular weight is 685 g/mol. The van der Waals surface area contributed by atoms with Crippen molar-refractivity contribution in [3.8, 4) is 0 Å². The van der Waals surface area contributed by atoms with Gasteiger partial charge in [0, 0.05) is 39.6 Å². The number of hydrogen-bond donors (Lipinski definition) is 3. The number of rotatable bonds is 8. The van der Waals surface area contributed by atoms with E-state index in [1.165, 1.54) is 27.2 Å². The Morgan fingerprint density at radius 1 is 0.896 bits per heavy atom. The zero-order valence-electron chi connectivity index (χ0n) is 29.4. The van der Waals surface area contributed by atoms with Crippen LogP contribution in [-0.4, -0.2) is 134 Å². The summed E-state index contributed by atoms with van der Waals surface area (Å²) in [6.45, 7) is 13.2. The molecule has 0 radical (unpaired) electrons. The topological polar surface area (TPSA) is 164 Å². The Bertz CT molecular complexity index is 1130. The molecular formula is C35H56O13. The predicted octanol–water partition coefficient (Wildman–Crippen LogP) is 2.20. The minimum absolute atomic E-state index is 0.0970. The normalized spacial score (nSPS) is 47.5. The fraction of sp³-hybridized carbons (Fsp3) is 0.800. The van der Waals surface area contributed by atoms with Crippen molar-refractivity contribution in [2.75, 3.05) is 27.9 Å². The molecule has 0 saturated carbocycles. The molecule has 4 rings (SSSR count). The number of fused-ring (bicyclic) bond motifs is 1. The second kappa shape index (κ2) is 17.0. The molecule has 0 aliphatic carbocycles. The molecule has 0 aromatic carbocycles. The lowest BCUT2D eigenvalue weighted by molar-refractivity contribution is -0.315. The summed E-state index contributed by atoms with van der Waals surface area (Å²) in [5.41, 5.74) is -1.68. The van der Waals surface area contributed by atoms with Crippen LogP contribution >= 0.6 is 0 Å². The summed E-state index contributed by atoms with van der Waals surface area (Å²) in [5, 5.41) is 32.6. The molecule has 13 heteroatoms. The highest BCUT2D eigenvalue weighted by Gasteiger charge is 2.49. The van der Waals surface area contributed by atoms with E-state index in [1.54, 1.807) is 26.2 Å². The SMILES string of the molecule is C=C1/C=C/[C@H](C)[C@@H](O[C@@H]2O[C@H](C)[C@@H](O)[C@@H](OC)[C@H]2OC)CC[C@](C)(O)C(=O)/C=C/[C@@H]2O[C@H]2[C@H](CO[C@@H]2O[C@H](C)C[C@H](OC)[C@H]2O)[C@@H](C)O1. The first-order valence-corrected chi connectivity index (χ1v) is 16.9. The number of methoxy groups -OCH3 is 3. The molecule has 16 atom stereocenters. The van der Waals surface area contributed by atoms with E-state index >= 15 is 0 Å². The van der Waals surface area contributed by atoms with E-state index in [0.717, 1.165) is 0 Å². The Balaban J connectivity index is 1.53. The van der Waals surface area contributed by atoms with Crippen LogP contribution in [-0.2, 0) is 47.4 Å². The highest BCUT2D eigenvalue weighted by atomic mass is 16.7.